The molecule has 14 heteroatoms. The Kier molecular flexibility index (Phi) is 8.34. The molecular weight excluding hydrogens is 468 g/mol. The lowest BCUT2D eigenvalue weighted by molar-refractivity contribution is -0.158. The van der Waals surface area contributed by atoms with Crippen LogP contribution in [0.5, 0.6) is 0 Å². The molecule has 0 aliphatic carbocycles. The van der Waals surface area contributed by atoms with Gasteiger partial charge in [-0.3, -0.25) is 14.4 Å². The van der Waals surface area contributed by atoms with Crippen molar-refractivity contribution in [3.8, 4) is 0 Å². The van der Waals surface area contributed by atoms with Crippen LogP contribution in [0.2, 0.25) is 0 Å². The fraction of sp³-hybridized carbons (Fsp3) is 0.450. The number of imide groups is 1. The minimum Gasteiger partial charge on any atom is -0.480 e. The highest BCUT2D eigenvalue weighted by atomic mass is 32.2. The van der Waals surface area contributed by atoms with Gasteiger partial charge >= 0.3 is 12.0 Å². The molecule has 0 spiro atoms. The van der Waals surface area contributed by atoms with Crippen LogP contribution < -0.4 is 15.9 Å². The lowest BCUT2D eigenvalue weighted by Gasteiger charge is -2.31. The number of carboxylic acid groups (broad SMARTS) is 1. The van der Waals surface area contributed by atoms with Gasteiger partial charge < -0.3 is 16.3 Å². The van der Waals surface area contributed by atoms with Crippen LogP contribution in [-0.2, 0) is 29.9 Å². The van der Waals surface area contributed by atoms with Gasteiger partial charge in [-0.15, -0.1) is 0 Å². The zero-order valence-electron chi connectivity index (χ0n) is 19.0. The monoisotopic (exact) mass is 496 g/mol. The highest BCUT2D eigenvalue weighted by Gasteiger charge is 2.52. The van der Waals surface area contributed by atoms with Gasteiger partial charge in [0.2, 0.25) is 15.9 Å². The van der Waals surface area contributed by atoms with E-state index in [0.29, 0.717) is 34.0 Å². The molecule has 1 fully saturated rings. The molecule has 2 rings (SSSR count). The second kappa shape index (κ2) is 10.6. The molecule has 1 aromatic carbocycles. The number of urea groups is 1. The first kappa shape index (κ1) is 26.7. The number of carbonyl (C=O) groups excluding carboxylic acids is 3. The second-order valence-electron chi connectivity index (χ2n) is 7.85. The second-order valence-corrected chi connectivity index (χ2v) is 9.73. The minimum absolute atomic E-state index is 0.305. The molecule has 1 aliphatic rings. The zero-order chi connectivity index (χ0) is 25.7. The van der Waals surface area contributed by atoms with E-state index >= 15 is 0 Å². The number of hydrogen-bond donors (Lipinski definition) is 4. The first-order valence-corrected chi connectivity index (χ1v) is 12.0. The number of unbranched alkanes of at least 4 members (excludes halogenated alkanes) is 1. The average molecular weight is 497 g/mol. The summed E-state index contributed by atoms with van der Waals surface area (Å²) in [6.07, 6.45) is 2.26. The van der Waals surface area contributed by atoms with Gasteiger partial charge in [-0.1, -0.05) is 37.6 Å². The van der Waals surface area contributed by atoms with Gasteiger partial charge in [0.25, 0.3) is 5.91 Å². The molecule has 4 amide bonds. The molecule has 5 N–H and O–H groups in total. The van der Waals surface area contributed by atoms with E-state index in [1.165, 1.54) is 13.1 Å². The summed E-state index contributed by atoms with van der Waals surface area (Å²) in [5, 5.41) is 16.5. The number of hydrazine groups is 1. The third kappa shape index (κ3) is 5.88. The molecule has 0 bridgehead atoms. The number of nitrogens with one attached hydrogen (secondary N) is 2. The van der Waals surface area contributed by atoms with Gasteiger partial charge in [0.05, 0.1) is 18.5 Å². The smallest absolute Gasteiger partial charge is 0.344 e. The Bertz CT molecular complexity index is 1090. The molecule has 0 unspecified atom stereocenters. The summed E-state index contributed by atoms with van der Waals surface area (Å²) >= 11 is 0. The van der Waals surface area contributed by atoms with Crippen molar-refractivity contribution in [2.24, 2.45) is 10.9 Å². The fourth-order valence-corrected chi connectivity index (χ4v) is 4.72. The van der Waals surface area contributed by atoms with Gasteiger partial charge in [0, 0.05) is 6.92 Å². The number of nitrogens with zero attached hydrogens (tertiary/aromatic N) is 3. The van der Waals surface area contributed by atoms with E-state index in [2.05, 4.69) is 10.4 Å². The highest BCUT2D eigenvalue weighted by Crippen LogP contribution is 2.30. The molecule has 0 saturated carbocycles. The van der Waals surface area contributed by atoms with Crippen LogP contribution in [0.25, 0.3) is 0 Å². The van der Waals surface area contributed by atoms with E-state index in [-0.39, 0.29) is 5.75 Å². The number of hydrogen-bond acceptors (Lipinski definition) is 8. The van der Waals surface area contributed by atoms with Crippen molar-refractivity contribution in [2.75, 3.05) is 12.3 Å². The SMILES string of the molecule is CCCCS(=O)(=O)N[C@H](CN(C(C)=O)N1C(=O)N[C@](C)(c2ccc(C=NN)cc2)C1=O)C(=O)O. The molecule has 1 heterocycles. The number of rotatable bonds is 11. The molecule has 1 aliphatic heterocycles. The van der Waals surface area contributed by atoms with Gasteiger partial charge in [-0.05, 0) is 24.5 Å². The number of carbonyl (C=O) groups is 4. The first-order chi connectivity index (χ1) is 15.9. The van der Waals surface area contributed by atoms with E-state index in [4.69, 9.17) is 5.84 Å². The van der Waals surface area contributed by atoms with E-state index in [0.717, 1.165) is 6.92 Å². The number of carboxylic acids is 1. The summed E-state index contributed by atoms with van der Waals surface area (Å²) in [7, 11) is -3.98. The van der Waals surface area contributed by atoms with Crippen molar-refractivity contribution in [1.82, 2.24) is 20.1 Å². The van der Waals surface area contributed by atoms with Crippen LogP contribution in [0.1, 0.15) is 44.7 Å². The summed E-state index contributed by atoms with van der Waals surface area (Å²) in [5.74, 6) is 1.57. The van der Waals surface area contributed by atoms with Gasteiger partial charge in [-0.2, -0.15) is 14.8 Å². The third-order valence-electron chi connectivity index (χ3n) is 5.23. The standard InChI is InChI=1S/C20H28N6O7S/c1-4-5-10-34(32,33)24-16(17(28)29)12-25(13(2)27)26-18(30)20(3,23-19(26)31)15-8-6-14(7-9-15)11-22-21/h6-9,11,16,24H,4-5,10,12,21H2,1-3H3,(H,23,31)(H,28,29)/t16-,20-/m1/s1. The molecular formula is C20H28N6O7S. The lowest BCUT2D eigenvalue weighted by atomic mass is 9.91. The summed E-state index contributed by atoms with van der Waals surface area (Å²) in [4.78, 5) is 50.1. The third-order valence-corrected chi connectivity index (χ3v) is 6.70. The summed E-state index contributed by atoms with van der Waals surface area (Å²) < 4.78 is 26.4. The Morgan fingerprint density at radius 1 is 1.32 bits per heavy atom. The average Bonchev–Trinajstić information content (AvgIpc) is 2.99. The van der Waals surface area contributed by atoms with E-state index in [1.54, 1.807) is 31.2 Å². The van der Waals surface area contributed by atoms with Crippen LogP contribution in [0.4, 0.5) is 4.79 Å². The number of amides is 4. The predicted octanol–water partition coefficient (Wildman–Crippen LogP) is -0.318. The van der Waals surface area contributed by atoms with Gasteiger partial charge in [0.1, 0.15) is 11.6 Å². The maximum Gasteiger partial charge on any atom is 0.344 e. The van der Waals surface area contributed by atoms with E-state index in [1.807, 2.05) is 4.72 Å². The highest BCUT2D eigenvalue weighted by molar-refractivity contribution is 7.89. The van der Waals surface area contributed by atoms with E-state index < -0.39 is 52.0 Å². The zero-order valence-corrected chi connectivity index (χ0v) is 19.8. The van der Waals surface area contributed by atoms with Crippen LogP contribution in [0.3, 0.4) is 0 Å². The Hall–Kier alpha value is -3.52. The van der Waals surface area contributed by atoms with Crippen LogP contribution in [0.15, 0.2) is 29.4 Å². The van der Waals surface area contributed by atoms with E-state index in [9.17, 15) is 32.7 Å². The van der Waals surface area contributed by atoms with Crippen LogP contribution >= 0.6 is 0 Å². The molecule has 0 aromatic heterocycles. The van der Waals surface area contributed by atoms with Crippen molar-refractivity contribution in [1.29, 1.82) is 0 Å². The number of sulfonamides is 1. The molecule has 2 atom stereocenters. The first-order valence-electron chi connectivity index (χ1n) is 10.4. The quantitative estimate of drug-likeness (QED) is 0.139. The van der Waals surface area contributed by atoms with Crippen LogP contribution in [-0.4, -0.2) is 71.9 Å². The van der Waals surface area contributed by atoms with Crippen molar-refractivity contribution < 1.29 is 32.7 Å². The van der Waals surface area contributed by atoms with Crippen molar-refractivity contribution >= 4 is 40.1 Å². The Morgan fingerprint density at radius 3 is 2.44 bits per heavy atom. The summed E-state index contributed by atoms with van der Waals surface area (Å²) in [6, 6.07) is 3.62. The summed E-state index contributed by atoms with van der Waals surface area (Å²) in [6.45, 7) is 3.45. The number of nitrogens with two attached hydrogens (primary N) is 1. The maximum absolute atomic E-state index is 13.3. The van der Waals surface area contributed by atoms with Crippen molar-refractivity contribution in [2.45, 2.75) is 45.2 Å². The van der Waals surface area contributed by atoms with Crippen molar-refractivity contribution in [3.05, 3.63) is 35.4 Å². The van der Waals surface area contributed by atoms with Crippen LogP contribution in [0, 0.1) is 0 Å². The molecule has 1 aromatic rings. The molecule has 1 saturated heterocycles. The predicted molar refractivity (Wildman–Crippen MR) is 122 cm³/mol. The number of hydrazone groups is 1. The molecule has 34 heavy (non-hydrogen) atoms. The normalized spacial score (nSPS) is 19.3. The Balaban J connectivity index is 2.34. The summed E-state index contributed by atoms with van der Waals surface area (Å²) in [5.41, 5.74) is -0.530. The molecule has 0 radical (unpaired) electrons. The van der Waals surface area contributed by atoms with Gasteiger partial charge in [-0.25, -0.2) is 18.2 Å². The maximum atomic E-state index is 13.3. The Labute approximate surface area is 197 Å². The molecule has 13 nitrogen and oxygen atoms in total. The number of aliphatic carboxylic acids is 1. The van der Waals surface area contributed by atoms with Gasteiger partial charge in [0.15, 0.2) is 0 Å². The number of benzene rings is 1. The largest absolute Gasteiger partial charge is 0.480 e. The molecule has 186 valence electrons. The topological polar surface area (TPSA) is 192 Å². The van der Waals surface area contributed by atoms with Crippen molar-refractivity contribution in [3.63, 3.8) is 0 Å². The lowest BCUT2D eigenvalue weighted by Crippen LogP contribution is -2.57. The Morgan fingerprint density at radius 2 is 1.94 bits per heavy atom. The minimum atomic E-state index is -3.98. The fourth-order valence-electron chi connectivity index (χ4n) is 3.33.